The Hall–Kier alpha value is -2.23. The van der Waals surface area contributed by atoms with E-state index in [2.05, 4.69) is 27.7 Å². The summed E-state index contributed by atoms with van der Waals surface area (Å²) in [5.74, 6) is 0.249. The molecule has 0 aromatic heterocycles. The van der Waals surface area contributed by atoms with Gasteiger partial charge in [-0.25, -0.2) is 4.79 Å². The Labute approximate surface area is 186 Å². The van der Waals surface area contributed by atoms with E-state index in [4.69, 9.17) is 5.11 Å². The molecule has 3 rings (SSSR count). The van der Waals surface area contributed by atoms with Crippen molar-refractivity contribution in [2.24, 2.45) is 28.1 Å². The summed E-state index contributed by atoms with van der Waals surface area (Å²) in [6.07, 6.45) is 12.4. The first-order chi connectivity index (χ1) is 14.3. The van der Waals surface area contributed by atoms with Crippen molar-refractivity contribution < 1.29 is 19.5 Å². The van der Waals surface area contributed by atoms with E-state index in [1.54, 1.807) is 6.08 Å². The summed E-state index contributed by atoms with van der Waals surface area (Å²) in [5, 5.41) is 8.74. The number of ketones is 2. The molecule has 0 spiro atoms. The fraction of sp³-hybridized carbons (Fsp3) is 0.593. The third-order valence-electron chi connectivity index (χ3n) is 8.62. The summed E-state index contributed by atoms with van der Waals surface area (Å²) < 4.78 is 0. The molecule has 0 radical (unpaired) electrons. The summed E-state index contributed by atoms with van der Waals surface area (Å²) in [6, 6.07) is 0. The molecule has 0 saturated heterocycles. The van der Waals surface area contributed by atoms with Crippen molar-refractivity contribution in [3.63, 3.8) is 0 Å². The van der Waals surface area contributed by atoms with Gasteiger partial charge >= 0.3 is 5.97 Å². The van der Waals surface area contributed by atoms with Gasteiger partial charge in [0, 0.05) is 35.3 Å². The molecule has 0 aromatic carbocycles. The quantitative estimate of drug-likeness (QED) is 0.454. The maximum Gasteiger partial charge on any atom is 0.328 e. The van der Waals surface area contributed by atoms with Crippen LogP contribution in [0.15, 0.2) is 47.1 Å². The third kappa shape index (κ3) is 3.90. The molecule has 3 aliphatic rings. The van der Waals surface area contributed by atoms with Crippen LogP contribution in [0.5, 0.6) is 0 Å². The first-order valence-electron chi connectivity index (χ1n) is 11.4. The van der Waals surface area contributed by atoms with Crippen LogP contribution < -0.4 is 0 Å². The van der Waals surface area contributed by atoms with Crippen molar-refractivity contribution >= 4 is 17.5 Å². The Kier molecular flexibility index (Phi) is 6.07. The lowest BCUT2D eigenvalue weighted by molar-refractivity contribution is -0.154. The van der Waals surface area contributed by atoms with E-state index in [9.17, 15) is 14.4 Å². The van der Waals surface area contributed by atoms with Crippen LogP contribution in [0.3, 0.4) is 0 Å². The molecule has 0 heterocycles. The summed E-state index contributed by atoms with van der Waals surface area (Å²) in [6.45, 7) is 12.7. The van der Waals surface area contributed by atoms with E-state index >= 15 is 0 Å². The molecule has 168 valence electrons. The Bertz CT molecular complexity index is 929. The third-order valence-corrected chi connectivity index (χ3v) is 8.62. The summed E-state index contributed by atoms with van der Waals surface area (Å²) in [7, 11) is 0. The minimum Gasteiger partial charge on any atom is -0.478 e. The van der Waals surface area contributed by atoms with E-state index in [-0.39, 0.29) is 27.9 Å². The van der Waals surface area contributed by atoms with E-state index in [1.807, 2.05) is 32.1 Å². The van der Waals surface area contributed by atoms with Gasteiger partial charge in [0.05, 0.1) is 0 Å². The van der Waals surface area contributed by atoms with Crippen LogP contribution in [0, 0.1) is 28.1 Å². The number of carboxylic acids is 1. The van der Waals surface area contributed by atoms with Gasteiger partial charge in [-0.1, -0.05) is 57.6 Å². The fourth-order valence-corrected chi connectivity index (χ4v) is 7.07. The van der Waals surface area contributed by atoms with Gasteiger partial charge in [0.2, 0.25) is 0 Å². The second-order valence-corrected chi connectivity index (χ2v) is 10.8. The molecule has 31 heavy (non-hydrogen) atoms. The lowest BCUT2D eigenvalue weighted by Gasteiger charge is -2.60. The van der Waals surface area contributed by atoms with E-state index in [0.29, 0.717) is 24.5 Å². The van der Waals surface area contributed by atoms with Gasteiger partial charge in [0.25, 0.3) is 0 Å². The first-order valence-corrected chi connectivity index (χ1v) is 11.4. The van der Waals surface area contributed by atoms with Crippen molar-refractivity contribution in [2.75, 3.05) is 0 Å². The molecule has 4 atom stereocenters. The lowest BCUT2D eigenvalue weighted by Crippen LogP contribution is -2.56. The topological polar surface area (TPSA) is 71.4 Å². The number of hydrogen-bond acceptors (Lipinski definition) is 3. The maximum absolute atomic E-state index is 13.3. The van der Waals surface area contributed by atoms with Gasteiger partial charge in [-0.15, -0.1) is 0 Å². The highest BCUT2D eigenvalue weighted by atomic mass is 16.4. The molecule has 0 bridgehead atoms. The predicted octanol–water partition coefficient (Wildman–Crippen LogP) is 5.85. The SMILES string of the molecule is CC(C=CC(=O)O)=CC=CC(C)=C1C(=O)CC2C1(C)CCC1C(C)(C)C(=O)CCC12C. The molecule has 4 unspecified atom stereocenters. The monoisotopic (exact) mass is 424 g/mol. The number of fused-ring (bicyclic) bond motifs is 3. The number of Topliss-reactive ketones (excluding diaryl/α,β-unsaturated/α-hetero) is 2. The van der Waals surface area contributed by atoms with Crippen molar-refractivity contribution in [3.8, 4) is 0 Å². The highest BCUT2D eigenvalue weighted by molar-refractivity contribution is 6.01. The zero-order valence-electron chi connectivity index (χ0n) is 19.7. The number of hydrogen-bond donors (Lipinski definition) is 1. The minimum absolute atomic E-state index is 0.00390. The average molecular weight is 425 g/mol. The second kappa shape index (κ2) is 8.03. The van der Waals surface area contributed by atoms with Crippen molar-refractivity contribution in [3.05, 3.63) is 47.1 Å². The highest BCUT2D eigenvalue weighted by Gasteiger charge is 2.64. The highest BCUT2D eigenvalue weighted by Crippen LogP contribution is 2.68. The smallest absolute Gasteiger partial charge is 0.328 e. The zero-order valence-corrected chi connectivity index (χ0v) is 19.7. The van der Waals surface area contributed by atoms with Gasteiger partial charge in [0.15, 0.2) is 5.78 Å². The van der Waals surface area contributed by atoms with Crippen molar-refractivity contribution in [1.29, 1.82) is 0 Å². The standard InChI is InChI=1S/C27H36O4/c1-17(10-11-23(30)31)8-7-9-18(2)24-19(28)16-21-26(5)15-13-22(29)25(3,4)20(26)12-14-27(21,24)6/h7-11,20-21H,12-16H2,1-6H3,(H,30,31). The molecule has 3 aliphatic carbocycles. The van der Waals surface area contributed by atoms with Crippen LogP contribution in [0.1, 0.15) is 73.6 Å². The Morgan fingerprint density at radius 3 is 2.32 bits per heavy atom. The van der Waals surface area contributed by atoms with Crippen molar-refractivity contribution in [1.82, 2.24) is 0 Å². The molecule has 0 aromatic rings. The molecule has 3 fully saturated rings. The largest absolute Gasteiger partial charge is 0.478 e. The van der Waals surface area contributed by atoms with Gasteiger partial charge in [-0.3, -0.25) is 9.59 Å². The maximum atomic E-state index is 13.3. The molecule has 0 aliphatic heterocycles. The van der Waals surface area contributed by atoms with Crippen LogP contribution >= 0.6 is 0 Å². The molecule has 4 heteroatoms. The molecular weight excluding hydrogens is 388 g/mol. The molecule has 0 amide bonds. The van der Waals surface area contributed by atoms with Gasteiger partial charge in [-0.2, -0.15) is 0 Å². The second-order valence-electron chi connectivity index (χ2n) is 10.8. The predicted molar refractivity (Wildman–Crippen MR) is 122 cm³/mol. The van der Waals surface area contributed by atoms with Crippen molar-refractivity contribution in [2.45, 2.75) is 73.6 Å². The van der Waals surface area contributed by atoms with Gasteiger partial charge < -0.3 is 5.11 Å². The van der Waals surface area contributed by atoms with Crippen LogP contribution in [-0.4, -0.2) is 22.6 Å². The average Bonchev–Trinajstić information content (AvgIpc) is 2.95. The van der Waals surface area contributed by atoms with Crippen LogP contribution in [0.25, 0.3) is 0 Å². The van der Waals surface area contributed by atoms with Gasteiger partial charge in [-0.05, 0) is 55.9 Å². The Morgan fingerprint density at radius 2 is 1.68 bits per heavy atom. The van der Waals surface area contributed by atoms with E-state index < -0.39 is 5.97 Å². The Balaban J connectivity index is 1.93. The summed E-state index contributed by atoms with van der Waals surface area (Å²) in [4.78, 5) is 36.6. The Morgan fingerprint density at radius 1 is 1.00 bits per heavy atom. The number of allylic oxidation sites excluding steroid dienone is 7. The zero-order chi connectivity index (χ0) is 23.2. The van der Waals surface area contributed by atoms with Crippen LogP contribution in [-0.2, 0) is 14.4 Å². The number of carboxylic acid groups (broad SMARTS) is 1. The molecule has 4 nitrogen and oxygen atoms in total. The normalized spacial score (nSPS) is 37.3. The minimum atomic E-state index is -0.970. The number of rotatable bonds is 4. The molecule has 1 N–H and O–H groups in total. The molecular formula is C27H36O4. The number of aliphatic carboxylic acids is 1. The molecule has 3 saturated carbocycles. The first kappa shape index (κ1) is 23.4. The number of carbonyl (C=O) groups excluding carboxylic acids is 2. The van der Waals surface area contributed by atoms with Crippen LogP contribution in [0.4, 0.5) is 0 Å². The van der Waals surface area contributed by atoms with Gasteiger partial charge in [0.1, 0.15) is 5.78 Å². The number of carbonyl (C=O) groups is 3. The summed E-state index contributed by atoms with van der Waals surface area (Å²) in [5.41, 5.74) is 2.31. The lowest BCUT2D eigenvalue weighted by atomic mass is 9.43. The van der Waals surface area contributed by atoms with E-state index in [0.717, 1.165) is 42.1 Å². The van der Waals surface area contributed by atoms with Crippen LogP contribution in [0.2, 0.25) is 0 Å². The van der Waals surface area contributed by atoms with E-state index in [1.165, 1.54) is 0 Å². The summed E-state index contributed by atoms with van der Waals surface area (Å²) >= 11 is 0. The fourth-order valence-electron chi connectivity index (χ4n) is 7.07.